The molecule has 19 heavy (non-hydrogen) atoms. The van der Waals surface area contributed by atoms with Gasteiger partial charge in [0.05, 0.1) is 12.6 Å². The molecule has 3 nitrogen and oxygen atoms in total. The summed E-state index contributed by atoms with van der Waals surface area (Å²) in [4.78, 5) is 0. The summed E-state index contributed by atoms with van der Waals surface area (Å²) >= 11 is 0. The first-order valence-electron chi connectivity index (χ1n) is 7.01. The van der Waals surface area contributed by atoms with Crippen LogP contribution in [0.1, 0.15) is 24.5 Å². The van der Waals surface area contributed by atoms with Gasteiger partial charge < -0.3 is 14.6 Å². The van der Waals surface area contributed by atoms with Crippen molar-refractivity contribution in [3.63, 3.8) is 0 Å². The smallest absolute Gasteiger partial charge is 0.143 e. The summed E-state index contributed by atoms with van der Waals surface area (Å²) in [5.41, 5.74) is 3.96. The maximum absolute atomic E-state index is 5.49. The Labute approximate surface area is 115 Å². The third-order valence-electron chi connectivity index (χ3n) is 3.64. The summed E-state index contributed by atoms with van der Waals surface area (Å²) in [6.07, 6.45) is 4.52. The molecular weight excluding hydrogens is 236 g/mol. The monoisotopic (exact) mass is 260 g/mol. The number of aromatic nitrogens is 1. The average molecular weight is 260 g/mol. The van der Waals surface area contributed by atoms with Gasteiger partial charge >= 0.3 is 0 Å². The first-order valence-corrected chi connectivity index (χ1v) is 7.01. The molecule has 2 rings (SSSR count). The first kappa shape index (κ1) is 13.9. The standard InChI is InChI=1S/C16H24N2O/c1-5-17-10-6-7-13-11-18(3)16-14(19-4)9-8-12(2)15(13)16/h8-9,11,17H,5-7,10H2,1-4H3. The Morgan fingerprint density at radius 2 is 2.11 bits per heavy atom. The lowest BCUT2D eigenvalue weighted by molar-refractivity contribution is 0.418. The maximum Gasteiger partial charge on any atom is 0.143 e. The van der Waals surface area contributed by atoms with Crippen LogP contribution in [0.4, 0.5) is 0 Å². The molecule has 0 amide bonds. The Hall–Kier alpha value is -1.48. The molecule has 0 aliphatic carbocycles. The van der Waals surface area contributed by atoms with Gasteiger partial charge in [-0.3, -0.25) is 0 Å². The second-order valence-electron chi connectivity index (χ2n) is 5.03. The van der Waals surface area contributed by atoms with Crippen molar-refractivity contribution >= 4 is 10.9 Å². The quantitative estimate of drug-likeness (QED) is 0.808. The Morgan fingerprint density at radius 1 is 1.32 bits per heavy atom. The van der Waals surface area contributed by atoms with E-state index in [4.69, 9.17) is 4.74 Å². The largest absolute Gasteiger partial charge is 0.495 e. The highest BCUT2D eigenvalue weighted by Gasteiger charge is 2.12. The van der Waals surface area contributed by atoms with Gasteiger partial charge in [-0.2, -0.15) is 0 Å². The summed E-state index contributed by atoms with van der Waals surface area (Å²) in [7, 11) is 3.83. The lowest BCUT2D eigenvalue weighted by atomic mass is 10.0. The molecule has 1 aromatic heterocycles. The minimum atomic E-state index is 0.959. The lowest BCUT2D eigenvalue weighted by Crippen LogP contribution is -2.14. The number of nitrogens with one attached hydrogen (secondary N) is 1. The van der Waals surface area contributed by atoms with Crippen LogP contribution in [0.25, 0.3) is 10.9 Å². The van der Waals surface area contributed by atoms with Crippen molar-refractivity contribution in [3.05, 3.63) is 29.5 Å². The van der Waals surface area contributed by atoms with Crippen molar-refractivity contribution in [3.8, 4) is 5.75 Å². The van der Waals surface area contributed by atoms with Crippen molar-refractivity contribution in [1.82, 2.24) is 9.88 Å². The van der Waals surface area contributed by atoms with Gasteiger partial charge in [-0.05, 0) is 50.0 Å². The van der Waals surface area contributed by atoms with Crippen LogP contribution in [0.2, 0.25) is 0 Å². The molecule has 0 aliphatic heterocycles. The number of fused-ring (bicyclic) bond motifs is 1. The molecule has 0 radical (unpaired) electrons. The molecule has 0 saturated carbocycles. The number of hydrogen-bond donors (Lipinski definition) is 1. The minimum Gasteiger partial charge on any atom is -0.495 e. The summed E-state index contributed by atoms with van der Waals surface area (Å²) < 4.78 is 7.67. The topological polar surface area (TPSA) is 26.2 Å². The van der Waals surface area contributed by atoms with E-state index in [2.05, 4.69) is 49.1 Å². The van der Waals surface area contributed by atoms with E-state index in [-0.39, 0.29) is 0 Å². The summed E-state index contributed by atoms with van der Waals surface area (Å²) in [5.74, 6) is 0.959. The number of benzene rings is 1. The molecular formula is C16H24N2O. The third kappa shape index (κ3) is 2.76. The van der Waals surface area contributed by atoms with Gasteiger partial charge in [0.15, 0.2) is 0 Å². The second kappa shape index (κ2) is 6.11. The van der Waals surface area contributed by atoms with Gasteiger partial charge in [-0.1, -0.05) is 13.0 Å². The second-order valence-corrected chi connectivity index (χ2v) is 5.03. The zero-order chi connectivity index (χ0) is 13.8. The van der Waals surface area contributed by atoms with E-state index < -0.39 is 0 Å². The predicted molar refractivity (Wildman–Crippen MR) is 81.1 cm³/mol. The summed E-state index contributed by atoms with van der Waals surface area (Å²) in [6.45, 7) is 6.45. The van der Waals surface area contributed by atoms with Gasteiger partial charge in [0, 0.05) is 18.6 Å². The van der Waals surface area contributed by atoms with Gasteiger partial charge in [0.25, 0.3) is 0 Å². The molecule has 0 fully saturated rings. The fraction of sp³-hybridized carbons (Fsp3) is 0.500. The molecule has 104 valence electrons. The van der Waals surface area contributed by atoms with Crippen molar-refractivity contribution in [1.29, 1.82) is 0 Å². The fourth-order valence-corrected chi connectivity index (χ4v) is 2.73. The highest BCUT2D eigenvalue weighted by Crippen LogP contribution is 2.32. The zero-order valence-corrected chi connectivity index (χ0v) is 12.4. The molecule has 2 aromatic rings. The van der Waals surface area contributed by atoms with E-state index >= 15 is 0 Å². The Bertz CT molecular complexity index is 557. The summed E-state index contributed by atoms with van der Waals surface area (Å²) in [5, 5.41) is 4.74. The van der Waals surface area contributed by atoms with Crippen LogP contribution in [-0.4, -0.2) is 24.8 Å². The minimum absolute atomic E-state index is 0.959. The Morgan fingerprint density at radius 3 is 2.79 bits per heavy atom. The molecule has 0 atom stereocenters. The van der Waals surface area contributed by atoms with Gasteiger partial charge in [0.2, 0.25) is 0 Å². The Kier molecular flexibility index (Phi) is 4.48. The van der Waals surface area contributed by atoms with E-state index in [9.17, 15) is 0 Å². The molecule has 0 aliphatic rings. The number of rotatable bonds is 6. The predicted octanol–water partition coefficient (Wildman–Crippen LogP) is 3.04. The van der Waals surface area contributed by atoms with Gasteiger partial charge in [-0.25, -0.2) is 0 Å². The van der Waals surface area contributed by atoms with Crippen molar-refractivity contribution in [2.45, 2.75) is 26.7 Å². The molecule has 1 N–H and O–H groups in total. The van der Waals surface area contributed by atoms with Crippen LogP contribution in [0.15, 0.2) is 18.3 Å². The van der Waals surface area contributed by atoms with Crippen LogP contribution in [0.5, 0.6) is 5.75 Å². The van der Waals surface area contributed by atoms with E-state index in [1.54, 1.807) is 7.11 Å². The van der Waals surface area contributed by atoms with Crippen molar-refractivity contribution in [2.75, 3.05) is 20.2 Å². The number of nitrogens with zero attached hydrogens (tertiary/aromatic N) is 1. The first-order chi connectivity index (χ1) is 9.19. The van der Waals surface area contributed by atoms with Crippen LogP contribution < -0.4 is 10.1 Å². The summed E-state index contributed by atoms with van der Waals surface area (Å²) in [6, 6.07) is 4.20. The molecule has 1 aromatic carbocycles. The fourth-order valence-electron chi connectivity index (χ4n) is 2.73. The SMILES string of the molecule is CCNCCCc1cn(C)c2c(OC)ccc(C)c12. The van der Waals surface area contributed by atoms with E-state index in [0.717, 1.165) is 25.3 Å². The molecule has 3 heteroatoms. The highest BCUT2D eigenvalue weighted by molar-refractivity contribution is 5.91. The number of methoxy groups -OCH3 is 1. The van der Waals surface area contributed by atoms with Crippen LogP contribution in [0.3, 0.4) is 0 Å². The maximum atomic E-state index is 5.49. The van der Waals surface area contributed by atoms with Crippen LogP contribution in [-0.2, 0) is 13.5 Å². The van der Waals surface area contributed by atoms with Gasteiger partial charge in [-0.15, -0.1) is 0 Å². The number of hydrogen-bond acceptors (Lipinski definition) is 2. The zero-order valence-electron chi connectivity index (χ0n) is 12.4. The third-order valence-corrected chi connectivity index (χ3v) is 3.64. The van der Waals surface area contributed by atoms with Crippen molar-refractivity contribution < 1.29 is 4.74 Å². The van der Waals surface area contributed by atoms with E-state index in [1.165, 1.54) is 28.5 Å². The van der Waals surface area contributed by atoms with Crippen LogP contribution in [0, 0.1) is 6.92 Å². The van der Waals surface area contributed by atoms with E-state index in [0.29, 0.717) is 0 Å². The normalized spacial score (nSPS) is 11.2. The van der Waals surface area contributed by atoms with Crippen LogP contribution >= 0.6 is 0 Å². The number of ether oxygens (including phenoxy) is 1. The molecule has 0 unspecified atom stereocenters. The van der Waals surface area contributed by atoms with Gasteiger partial charge in [0.1, 0.15) is 5.75 Å². The van der Waals surface area contributed by atoms with Crippen molar-refractivity contribution in [2.24, 2.45) is 7.05 Å². The molecule has 0 saturated heterocycles. The Balaban J connectivity index is 2.34. The number of aryl methyl sites for hydroxylation is 3. The average Bonchev–Trinajstić information content (AvgIpc) is 2.74. The lowest BCUT2D eigenvalue weighted by Gasteiger charge is -2.07. The molecule has 0 spiro atoms. The molecule has 1 heterocycles. The molecule has 0 bridgehead atoms. The highest BCUT2D eigenvalue weighted by atomic mass is 16.5. The van der Waals surface area contributed by atoms with E-state index in [1.807, 2.05) is 0 Å².